The van der Waals surface area contributed by atoms with E-state index in [1.54, 1.807) is 0 Å². The number of hydrogen-bond donors (Lipinski definition) is 1. The Morgan fingerprint density at radius 3 is 2.68 bits per heavy atom. The van der Waals surface area contributed by atoms with Crippen LogP contribution in [-0.4, -0.2) is 40.2 Å². The molecule has 9 heteroatoms. The minimum Gasteiger partial charge on any atom is -0.339 e. The molecule has 1 aliphatic heterocycles. The van der Waals surface area contributed by atoms with E-state index in [0.717, 1.165) is 10.5 Å². The highest BCUT2D eigenvalue weighted by Gasteiger charge is 2.37. The molecule has 2 unspecified atom stereocenters. The van der Waals surface area contributed by atoms with Crippen LogP contribution >= 0.6 is 0 Å². The van der Waals surface area contributed by atoms with Crippen molar-refractivity contribution in [1.82, 2.24) is 15.0 Å². The molecule has 0 bridgehead atoms. The summed E-state index contributed by atoms with van der Waals surface area (Å²) in [5, 5.41) is 3.86. The maximum absolute atomic E-state index is 12.4. The fourth-order valence-electron chi connectivity index (χ4n) is 2.82. The zero-order chi connectivity index (χ0) is 18.0. The van der Waals surface area contributed by atoms with Gasteiger partial charge in [-0.15, -0.1) is 0 Å². The summed E-state index contributed by atoms with van der Waals surface area (Å²) < 4.78 is 42.5. The summed E-state index contributed by atoms with van der Waals surface area (Å²) in [5.74, 6) is -0.436. The molecular formula is C16H17F3N4O2. The first kappa shape index (κ1) is 17.4. The number of likely N-dealkylation sites (tertiary alicyclic amines) is 1. The molecule has 2 atom stereocenters. The Morgan fingerprint density at radius 2 is 2.04 bits per heavy atom. The molecule has 2 heterocycles. The molecule has 3 rings (SSSR count). The average Bonchev–Trinajstić information content (AvgIpc) is 3.06. The molecular weight excluding hydrogens is 337 g/mol. The normalized spacial score (nSPS) is 19.9. The van der Waals surface area contributed by atoms with Crippen LogP contribution in [0, 0.1) is 0 Å². The van der Waals surface area contributed by atoms with Crippen LogP contribution in [0.1, 0.15) is 42.1 Å². The van der Waals surface area contributed by atoms with E-state index in [1.165, 1.54) is 0 Å². The maximum atomic E-state index is 12.4. The van der Waals surface area contributed by atoms with Gasteiger partial charge in [0.2, 0.25) is 11.8 Å². The molecule has 1 amide bonds. The summed E-state index contributed by atoms with van der Waals surface area (Å²) >= 11 is 0. The lowest BCUT2D eigenvalue weighted by atomic mass is 9.96. The van der Waals surface area contributed by atoms with Crippen molar-refractivity contribution in [1.29, 1.82) is 0 Å². The number of alkyl halides is 3. The standard InChI is InChI=1S/C16H17F3N4O2/c17-16(18,19)9-23-7-6-11(8-12(23)24)15-21-14(22-25-15)13(20)10-4-2-1-3-5-10/h1-5,11,13H,6-9,20H2. The van der Waals surface area contributed by atoms with Gasteiger partial charge in [0.25, 0.3) is 0 Å². The Bertz CT molecular complexity index is 732. The third kappa shape index (κ3) is 4.16. The van der Waals surface area contributed by atoms with Crippen LogP contribution < -0.4 is 5.73 Å². The molecule has 1 aromatic carbocycles. The topological polar surface area (TPSA) is 85.2 Å². The largest absolute Gasteiger partial charge is 0.406 e. The summed E-state index contributed by atoms with van der Waals surface area (Å²) in [5.41, 5.74) is 6.90. The molecule has 1 saturated heterocycles. The van der Waals surface area contributed by atoms with Gasteiger partial charge in [0.15, 0.2) is 5.82 Å². The SMILES string of the molecule is NC(c1ccccc1)c1noc(C2CCN(CC(F)(F)F)C(=O)C2)n1. The number of hydrogen-bond acceptors (Lipinski definition) is 5. The van der Waals surface area contributed by atoms with Crippen molar-refractivity contribution >= 4 is 5.91 Å². The minimum atomic E-state index is -4.40. The molecule has 1 fully saturated rings. The quantitative estimate of drug-likeness (QED) is 0.911. The van der Waals surface area contributed by atoms with E-state index in [0.29, 0.717) is 6.42 Å². The second-order valence-corrected chi connectivity index (χ2v) is 6.00. The summed E-state index contributed by atoms with van der Waals surface area (Å²) in [6.45, 7) is -1.22. The first-order valence-corrected chi connectivity index (χ1v) is 7.82. The van der Waals surface area contributed by atoms with Crippen molar-refractivity contribution in [2.75, 3.05) is 13.1 Å². The minimum absolute atomic E-state index is 0.00542. The zero-order valence-electron chi connectivity index (χ0n) is 13.2. The first-order valence-electron chi connectivity index (χ1n) is 7.82. The van der Waals surface area contributed by atoms with Gasteiger partial charge < -0.3 is 15.2 Å². The Balaban J connectivity index is 1.67. The van der Waals surface area contributed by atoms with Crippen LogP contribution in [0.4, 0.5) is 13.2 Å². The zero-order valence-corrected chi connectivity index (χ0v) is 13.2. The lowest BCUT2D eigenvalue weighted by Gasteiger charge is -2.30. The van der Waals surface area contributed by atoms with Gasteiger partial charge >= 0.3 is 6.18 Å². The van der Waals surface area contributed by atoms with Gasteiger partial charge in [-0.25, -0.2) is 0 Å². The van der Waals surface area contributed by atoms with Crippen LogP contribution in [0.2, 0.25) is 0 Å². The molecule has 0 spiro atoms. The molecule has 0 saturated carbocycles. The Labute approximate surface area is 141 Å². The highest BCUT2D eigenvalue weighted by atomic mass is 19.4. The summed E-state index contributed by atoms with van der Waals surface area (Å²) in [4.78, 5) is 17.0. The van der Waals surface area contributed by atoms with E-state index in [1.807, 2.05) is 30.3 Å². The second-order valence-electron chi connectivity index (χ2n) is 6.00. The second kappa shape index (κ2) is 6.83. The highest BCUT2D eigenvalue weighted by Crippen LogP contribution is 2.30. The third-order valence-electron chi connectivity index (χ3n) is 4.13. The number of carbonyl (C=O) groups excluding carboxylic acids is 1. The fourth-order valence-corrected chi connectivity index (χ4v) is 2.82. The van der Waals surface area contributed by atoms with E-state index < -0.39 is 24.7 Å². The van der Waals surface area contributed by atoms with E-state index in [4.69, 9.17) is 10.3 Å². The van der Waals surface area contributed by atoms with Crippen molar-refractivity contribution < 1.29 is 22.5 Å². The van der Waals surface area contributed by atoms with Crippen molar-refractivity contribution in [2.45, 2.75) is 31.0 Å². The molecule has 1 aliphatic rings. The maximum Gasteiger partial charge on any atom is 0.406 e. The number of carbonyl (C=O) groups is 1. The number of aromatic nitrogens is 2. The Morgan fingerprint density at radius 1 is 1.32 bits per heavy atom. The van der Waals surface area contributed by atoms with E-state index >= 15 is 0 Å². The lowest BCUT2D eigenvalue weighted by molar-refractivity contribution is -0.164. The van der Waals surface area contributed by atoms with Crippen molar-refractivity contribution in [3.63, 3.8) is 0 Å². The van der Waals surface area contributed by atoms with Gasteiger partial charge in [0.05, 0.1) is 6.04 Å². The average molecular weight is 354 g/mol. The summed E-state index contributed by atoms with van der Waals surface area (Å²) in [7, 11) is 0. The number of halogens is 3. The van der Waals surface area contributed by atoms with Gasteiger partial charge in [0, 0.05) is 18.9 Å². The van der Waals surface area contributed by atoms with Crippen LogP contribution in [0.25, 0.3) is 0 Å². The lowest BCUT2D eigenvalue weighted by Crippen LogP contribution is -2.43. The van der Waals surface area contributed by atoms with Gasteiger partial charge in [-0.05, 0) is 12.0 Å². The van der Waals surface area contributed by atoms with Gasteiger partial charge in [-0.1, -0.05) is 35.5 Å². The number of piperidine rings is 1. The van der Waals surface area contributed by atoms with Crippen LogP contribution in [0.5, 0.6) is 0 Å². The first-order chi connectivity index (χ1) is 11.8. The van der Waals surface area contributed by atoms with E-state index in [-0.39, 0.29) is 30.6 Å². The molecule has 0 radical (unpaired) electrons. The number of nitrogens with zero attached hydrogens (tertiary/aromatic N) is 3. The molecule has 1 aromatic heterocycles. The predicted octanol–water partition coefficient (Wildman–Crippen LogP) is 2.39. The summed E-state index contributed by atoms with van der Waals surface area (Å²) in [6.07, 6.45) is -4.15. The van der Waals surface area contributed by atoms with E-state index in [2.05, 4.69) is 10.1 Å². The number of amides is 1. The van der Waals surface area contributed by atoms with Crippen LogP contribution in [0.3, 0.4) is 0 Å². The Hall–Kier alpha value is -2.42. The number of rotatable bonds is 4. The highest BCUT2D eigenvalue weighted by molar-refractivity contribution is 5.77. The monoisotopic (exact) mass is 354 g/mol. The van der Waals surface area contributed by atoms with E-state index in [9.17, 15) is 18.0 Å². The Kier molecular flexibility index (Phi) is 4.76. The van der Waals surface area contributed by atoms with Gasteiger partial charge in [-0.2, -0.15) is 18.2 Å². The third-order valence-corrected chi connectivity index (χ3v) is 4.13. The van der Waals surface area contributed by atoms with Crippen molar-refractivity contribution in [3.8, 4) is 0 Å². The van der Waals surface area contributed by atoms with Crippen LogP contribution in [0.15, 0.2) is 34.9 Å². The molecule has 25 heavy (non-hydrogen) atoms. The predicted molar refractivity (Wildman–Crippen MR) is 81.4 cm³/mol. The molecule has 0 aliphatic carbocycles. The van der Waals surface area contributed by atoms with Crippen molar-refractivity contribution in [2.24, 2.45) is 5.73 Å². The molecule has 2 aromatic rings. The van der Waals surface area contributed by atoms with Crippen molar-refractivity contribution in [3.05, 3.63) is 47.6 Å². The molecule has 2 N–H and O–H groups in total. The fraction of sp³-hybridized carbons (Fsp3) is 0.438. The van der Waals surface area contributed by atoms with Crippen LogP contribution in [-0.2, 0) is 4.79 Å². The molecule has 134 valence electrons. The van der Waals surface area contributed by atoms with Gasteiger partial charge in [-0.3, -0.25) is 4.79 Å². The van der Waals surface area contributed by atoms with Gasteiger partial charge in [0.1, 0.15) is 6.54 Å². The number of benzene rings is 1. The molecule has 6 nitrogen and oxygen atoms in total. The smallest absolute Gasteiger partial charge is 0.339 e. The number of nitrogens with two attached hydrogens (primary N) is 1. The summed E-state index contributed by atoms with van der Waals surface area (Å²) in [6, 6.07) is 8.63.